The molecule has 3 fully saturated rings. The molecule has 0 aromatic heterocycles. The Labute approximate surface area is 239 Å². The van der Waals surface area contributed by atoms with Crippen LogP contribution in [0.2, 0.25) is 0 Å². The molecule has 0 aromatic rings. The third-order valence-corrected chi connectivity index (χ3v) is 13.6. The van der Waals surface area contributed by atoms with Crippen LogP contribution in [0.3, 0.4) is 0 Å². The highest BCUT2D eigenvalue weighted by Crippen LogP contribution is 2.67. The van der Waals surface area contributed by atoms with Gasteiger partial charge in [0, 0.05) is 5.25 Å². The van der Waals surface area contributed by atoms with Gasteiger partial charge in [-0.05, 0) is 98.7 Å². The van der Waals surface area contributed by atoms with Gasteiger partial charge in [0.15, 0.2) is 0 Å². The van der Waals surface area contributed by atoms with Gasteiger partial charge < -0.3 is 0 Å². The Kier molecular flexibility index (Phi) is 11.0. The maximum Gasteiger partial charge on any atom is 0.207 e. The van der Waals surface area contributed by atoms with Crippen molar-refractivity contribution in [3.8, 4) is 0 Å². The van der Waals surface area contributed by atoms with Crippen molar-refractivity contribution in [2.75, 3.05) is 0 Å². The van der Waals surface area contributed by atoms with Gasteiger partial charge in [0.05, 0.1) is 0 Å². The molecule has 3 saturated carbocycles. The first-order valence-corrected chi connectivity index (χ1v) is 17.7. The van der Waals surface area contributed by atoms with Gasteiger partial charge in [-0.25, -0.2) is 0 Å². The predicted octanol–water partition coefficient (Wildman–Crippen LogP) is 11.1. The minimum Gasteiger partial charge on any atom is -0.286 e. The standard InChI is InChI=1S/C34H57ClOS/c1-5-7-9-10-11-13-14-25-17-19-29-28-18-16-26-24-27(37-32(36)31(35)15-12-8-6-2)20-22-34(26,4)30(28)21-23-33(25,29)3/h16,25,27-31H,5-15,17-24H2,1-4H3/t25-,27+,28+,29-,30-,31+,33-,34+/m1/s1. The second-order valence-electron chi connectivity index (χ2n) is 13.9. The zero-order valence-corrected chi connectivity index (χ0v) is 26.2. The minimum atomic E-state index is -0.294. The van der Waals surface area contributed by atoms with Gasteiger partial charge in [-0.1, -0.05) is 109 Å². The van der Waals surface area contributed by atoms with Gasteiger partial charge in [-0.3, -0.25) is 4.79 Å². The number of allylic oxidation sites excluding steroid dienone is 2. The van der Waals surface area contributed by atoms with Crippen LogP contribution < -0.4 is 0 Å². The highest BCUT2D eigenvalue weighted by Gasteiger charge is 2.58. The summed E-state index contributed by atoms with van der Waals surface area (Å²) in [6, 6.07) is 0. The lowest BCUT2D eigenvalue weighted by Crippen LogP contribution is -2.50. The van der Waals surface area contributed by atoms with Crippen LogP contribution >= 0.6 is 23.4 Å². The Morgan fingerprint density at radius 1 is 0.946 bits per heavy atom. The summed E-state index contributed by atoms with van der Waals surface area (Å²) in [5.74, 6) is 3.69. The normalized spacial score (nSPS) is 37.9. The van der Waals surface area contributed by atoms with E-state index in [-0.39, 0.29) is 10.5 Å². The van der Waals surface area contributed by atoms with E-state index >= 15 is 0 Å². The van der Waals surface area contributed by atoms with Gasteiger partial charge in [0.1, 0.15) is 5.38 Å². The van der Waals surface area contributed by atoms with Gasteiger partial charge in [-0.15, -0.1) is 11.6 Å². The smallest absolute Gasteiger partial charge is 0.207 e. The predicted molar refractivity (Wildman–Crippen MR) is 163 cm³/mol. The van der Waals surface area contributed by atoms with E-state index in [0.717, 1.165) is 42.9 Å². The van der Waals surface area contributed by atoms with Crippen LogP contribution in [0.1, 0.15) is 150 Å². The summed E-state index contributed by atoms with van der Waals surface area (Å²) in [6.45, 7) is 9.83. The van der Waals surface area contributed by atoms with Gasteiger partial charge >= 0.3 is 0 Å². The first-order chi connectivity index (χ1) is 17.8. The monoisotopic (exact) mass is 548 g/mol. The second-order valence-corrected chi connectivity index (χ2v) is 15.7. The molecule has 0 unspecified atom stereocenters. The van der Waals surface area contributed by atoms with Crippen molar-refractivity contribution in [1.29, 1.82) is 0 Å². The molecule has 0 spiro atoms. The summed E-state index contributed by atoms with van der Waals surface area (Å²) in [4.78, 5) is 12.8. The first kappa shape index (κ1) is 30.0. The Balaban J connectivity index is 1.32. The van der Waals surface area contributed by atoms with Crippen LogP contribution in [0.15, 0.2) is 11.6 Å². The number of halogens is 1. The summed E-state index contributed by atoms with van der Waals surface area (Å²) in [5, 5.41) is 0.381. The molecule has 1 nitrogen and oxygen atoms in total. The topological polar surface area (TPSA) is 17.1 Å². The second kappa shape index (κ2) is 13.6. The molecule has 0 heterocycles. The molecule has 0 saturated heterocycles. The lowest BCUT2D eigenvalue weighted by molar-refractivity contribution is -0.110. The average Bonchev–Trinajstić information content (AvgIpc) is 3.22. The van der Waals surface area contributed by atoms with E-state index in [1.807, 2.05) is 0 Å². The zero-order chi connectivity index (χ0) is 26.5. The maximum atomic E-state index is 12.8. The van der Waals surface area contributed by atoms with Gasteiger partial charge in [0.25, 0.3) is 0 Å². The number of fused-ring (bicyclic) bond motifs is 5. The van der Waals surface area contributed by atoms with Crippen molar-refractivity contribution >= 4 is 28.5 Å². The number of unbranched alkanes of at least 4 members (excludes halogenated alkanes) is 7. The highest BCUT2D eigenvalue weighted by atomic mass is 35.5. The minimum absolute atomic E-state index is 0.233. The number of rotatable bonds is 13. The lowest BCUT2D eigenvalue weighted by Gasteiger charge is -2.58. The van der Waals surface area contributed by atoms with Crippen molar-refractivity contribution in [2.45, 2.75) is 160 Å². The largest absolute Gasteiger partial charge is 0.286 e. The van der Waals surface area contributed by atoms with Crippen LogP contribution in [-0.2, 0) is 4.79 Å². The SMILES string of the molecule is CCCCCCCC[C@@H]1CC[C@@H]2[C@@H]3CC=C4C[C@@H](SC(=O)[C@@H](Cl)CCCCC)CC[C@]4(C)[C@@H]3CC[C@]12C. The molecule has 4 aliphatic rings. The molecule has 8 atom stereocenters. The number of thioether (sulfide) groups is 1. The van der Waals surface area contributed by atoms with Crippen LogP contribution in [0.5, 0.6) is 0 Å². The third-order valence-electron chi connectivity index (χ3n) is 11.8. The van der Waals surface area contributed by atoms with Crippen LogP contribution in [0, 0.1) is 34.5 Å². The van der Waals surface area contributed by atoms with E-state index < -0.39 is 0 Å². The summed E-state index contributed by atoms with van der Waals surface area (Å²) in [7, 11) is 0. The number of carbonyl (C=O) groups excluding carboxylic acids is 1. The highest BCUT2D eigenvalue weighted by molar-refractivity contribution is 8.14. The van der Waals surface area contributed by atoms with Crippen molar-refractivity contribution in [3.63, 3.8) is 0 Å². The van der Waals surface area contributed by atoms with Gasteiger partial charge in [-0.2, -0.15) is 0 Å². The van der Waals surface area contributed by atoms with Crippen LogP contribution in [0.4, 0.5) is 0 Å². The molecule has 0 radical (unpaired) electrons. The molecular weight excluding hydrogens is 492 g/mol. The average molecular weight is 549 g/mol. The van der Waals surface area contributed by atoms with Crippen molar-refractivity contribution in [2.24, 2.45) is 34.5 Å². The fraction of sp³-hybridized carbons (Fsp3) is 0.912. The summed E-state index contributed by atoms with van der Waals surface area (Å²) >= 11 is 8.08. The van der Waals surface area contributed by atoms with E-state index in [4.69, 9.17) is 11.6 Å². The number of hydrogen-bond donors (Lipinski definition) is 0. The molecule has 0 N–H and O–H groups in total. The summed E-state index contributed by atoms with van der Waals surface area (Å²) < 4.78 is 0. The Bertz CT molecular complexity index is 778. The number of alkyl halides is 1. The fourth-order valence-electron chi connectivity index (χ4n) is 9.41. The van der Waals surface area contributed by atoms with Crippen LogP contribution in [-0.4, -0.2) is 15.7 Å². The molecule has 3 heteroatoms. The first-order valence-electron chi connectivity index (χ1n) is 16.4. The van der Waals surface area contributed by atoms with Crippen molar-refractivity contribution in [3.05, 3.63) is 11.6 Å². The molecule has 4 aliphatic carbocycles. The van der Waals surface area contributed by atoms with E-state index in [2.05, 4.69) is 33.8 Å². The molecule has 37 heavy (non-hydrogen) atoms. The number of hydrogen-bond acceptors (Lipinski definition) is 2. The lowest BCUT2D eigenvalue weighted by atomic mass is 9.47. The quantitative estimate of drug-likeness (QED) is 0.129. The molecule has 0 amide bonds. The maximum absolute atomic E-state index is 12.8. The third kappa shape index (κ3) is 6.69. The molecule has 0 bridgehead atoms. The van der Waals surface area contributed by atoms with Crippen molar-refractivity contribution in [1.82, 2.24) is 0 Å². The fourth-order valence-corrected chi connectivity index (χ4v) is 10.8. The van der Waals surface area contributed by atoms with E-state index in [0.29, 0.717) is 16.1 Å². The molecule has 4 rings (SSSR count). The van der Waals surface area contributed by atoms with Crippen LogP contribution in [0.25, 0.3) is 0 Å². The Morgan fingerprint density at radius 3 is 2.46 bits per heavy atom. The number of carbonyl (C=O) groups is 1. The van der Waals surface area contributed by atoms with E-state index in [9.17, 15) is 4.79 Å². The van der Waals surface area contributed by atoms with Crippen molar-refractivity contribution < 1.29 is 4.79 Å². The van der Waals surface area contributed by atoms with Gasteiger partial charge in [0.2, 0.25) is 5.12 Å². The Hall–Kier alpha value is 0.0500. The molecular formula is C34H57ClOS. The molecule has 212 valence electrons. The summed E-state index contributed by atoms with van der Waals surface area (Å²) in [6.07, 6.45) is 27.8. The zero-order valence-electron chi connectivity index (χ0n) is 24.7. The van der Waals surface area contributed by atoms with E-state index in [1.54, 1.807) is 17.3 Å². The molecule has 0 aromatic carbocycles. The van der Waals surface area contributed by atoms with E-state index in [1.165, 1.54) is 103 Å². The Morgan fingerprint density at radius 2 is 1.68 bits per heavy atom. The molecule has 0 aliphatic heterocycles. The summed E-state index contributed by atoms with van der Waals surface area (Å²) in [5.41, 5.74) is 2.68.